The zero-order valence-electron chi connectivity index (χ0n) is 19.3. The van der Waals surface area contributed by atoms with Gasteiger partial charge in [-0.1, -0.05) is 40.2 Å². The number of benzene rings is 2. The van der Waals surface area contributed by atoms with Gasteiger partial charge in [0.1, 0.15) is 0 Å². The van der Waals surface area contributed by atoms with Crippen LogP contribution in [0.1, 0.15) is 51.1 Å². The quantitative estimate of drug-likeness (QED) is 0.342. The highest BCUT2D eigenvalue weighted by molar-refractivity contribution is 9.10. The summed E-state index contributed by atoms with van der Waals surface area (Å²) in [4.78, 5) is 27.5. The van der Waals surface area contributed by atoms with Crippen molar-refractivity contribution in [2.24, 2.45) is 0 Å². The topological polar surface area (TPSA) is 79.2 Å². The van der Waals surface area contributed by atoms with Gasteiger partial charge in [0.2, 0.25) is 5.88 Å². The summed E-state index contributed by atoms with van der Waals surface area (Å²) in [5.41, 5.74) is 5.46. The molecule has 2 heterocycles. The standard InChI is InChI=1S/C28H26BrN3O3/c29-22-12-10-19(11-13-22)14-15-32(26-9-4-16-35-26)28(34)21-6-3-5-20(17-21)18-25-23-7-1-2-8-24(23)27(33)31-30-25/h3-6,9-13,16-17H,1-2,7-8,14-15,18H2,(H,31,33). The fourth-order valence-electron chi connectivity index (χ4n) is 4.66. The Balaban J connectivity index is 1.38. The molecule has 0 saturated carbocycles. The number of aromatic amines is 1. The lowest BCUT2D eigenvalue weighted by Crippen LogP contribution is -2.32. The van der Waals surface area contributed by atoms with E-state index in [0.29, 0.717) is 30.8 Å². The number of hydrogen-bond donors (Lipinski definition) is 1. The maximum Gasteiger partial charge on any atom is 0.267 e. The monoisotopic (exact) mass is 531 g/mol. The van der Waals surface area contributed by atoms with Crippen LogP contribution in [0.5, 0.6) is 0 Å². The minimum atomic E-state index is -0.115. The van der Waals surface area contributed by atoms with Crippen LogP contribution in [0.4, 0.5) is 5.88 Å². The van der Waals surface area contributed by atoms with Gasteiger partial charge in [0.15, 0.2) is 0 Å². The van der Waals surface area contributed by atoms with E-state index >= 15 is 0 Å². The van der Waals surface area contributed by atoms with Crippen molar-refractivity contribution >= 4 is 27.7 Å². The van der Waals surface area contributed by atoms with E-state index in [-0.39, 0.29) is 11.5 Å². The summed E-state index contributed by atoms with van der Waals surface area (Å²) in [6.07, 6.45) is 6.63. The van der Waals surface area contributed by atoms with Crippen molar-refractivity contribution in [1.82, 2.24) is 10.2 Å². The molecule has 1 aliphatic carbocycles. The van der Waals surface area contributed by atoms with E-state index in [1.165, 1.54) is 0 Å². The number of amides is 1. The van der Waals surface area contributed by atoms with E-state index in [1.54, 1.807) is 23.3 Å². The van der Waals surface area contributed by atoms with Crippen LogP contribution in [0.3, 0.4) is 0 Å². The number of anilines is 1. The Morgan fingerprint density at radius 1 is 1.00 bits per heavy atom. The van der Waals surface area contributed by atoms with Crippen LogP contribution in [-0.4, -0.2) is 22.6 Å². The molecule has 0 spiro atoms. The number of halogens is 1. The van der Waals surface area contributed by atoms with Gasteiger partial charge in [-0.25, -0.2) is 5.10 Å². The maximum absolute atomic E-state index is 13.6. The molecule has 4 aromatic rings. The van der Waals surface area contributed by atoms with E-state index in [9.17, 15) is 9.59 Å². The molecule has 2 aromatic carbocycles. The van der Waals surface area contributed by atoms with Gasteiger partial charge in [0.05, 0.1) is 12.0 Å². The number of fused-ring (bicyclic) bond motifs is 1. The minimum absolute atomic E-state index is 0.0766. The number of nitrogens with one attached hydrogen (secondary N) is 1. The molecule has 5 rings (SSSR count). The fraction of sp³-hybridized carbons (Fsp3) is 0.250. The molecule has 1 N–H and O–H groups in total. The SMILES string of the molecule is O=C(c1cccc(Cc2n[nH]c(=O)c3c2CCCC3)c1)N(CCc1ccc(Br)cc1)c1ccco1. The van der Waals surface area contributed by atoms with Gasteiger partial charge >= 0.3 is 0 Å². The van der Waals surface area contributed by atoms with Gasteiger partial charge in [0, 0.05) is 34.6 Å². The summed E-state index contributed by atoms with van der Waals surface area (Å²) < 4.78 is 6.62. The van der Waals surface area contributed by atoms with E-state index in [0.717, 1.165) is 58.1 Å². The van der Waals surface area contributed by atoms with Crippen LogP contribution < -0.4 is 10.5 Å². The Labute approximate surface area is 212 Å². The molecule has 0 radical (unpaired) electrons. The van der Waals surface area contributed by atoms with Crippen molar-refractivity contribution < 1.29 is 9.21 Å². The molecular formula is C28H26BrN3O3. The summed E-state index contributed by atoms with van der Waals surface area (Å²) in [6.45, 7) is 0.493. The number of carbonyl (C=O) groups is 1. The Morgan fingerprint density at radius 2 is 1.80 bits per heavy atom. The second kappa shape index (κ2) is 10.4. The number of rotatable bonds is 7. The first-order valence-corrected chi connectivity index (χ1v) is 12.7. The van der Waals surface area contributed by atoms with Crippen molar-refractivity contribution in [2.45, 2.75) is 38.5 Å². The van der Waals surface area contributed by atoms with Gasteiger partial charge < -0.3 is 4.42 Å². The summed E-state index contributed by atoms with van der Waals surface area (Å²) in [5, 5.41) is 7.02. The van der Waals surface area contributed by atoms with E-state index in [1.807, 2.05) is 48.5 Å². The normalized spacial score (nSPS) is 12.8. The zero-order valence-corrected chi connectivity index (χ0v) is 20.9. The molecule has 0 unspecified atom stereocenters. The summed E-state index contributed by atoms with van der Waals surface area (Å²) in [7, 11) is 0. The molecule has 0 aliphatic heterocycles. The molecule has 1 amide bonds. The Bertz CT molecular complexity index is 1380. The Kier molecular flexibility index (Phi) is 6.95. The van der Waals surface area contributed by atoms with E-state index < -0.39 is 0 Å². The number of furan rings is 1. The predicted octanol–water partition coefficient (Wildman–Crippen LogP) is 5.48. The predicted molar refractivity (Wildman–Crippen MR) is 139 cm³/mol. The molecule has 0 atom stereocenters. The molecule has 7 heteroatoms. The third kappa shape index (κ3) is 5.30. The number of H-pyrrole nitrogens is 1. The summed E-state index contributed by atoms with van der Waals surface area (Å²) >= 11 is 3.46. The number of hydrogen-bond acceptors (Lipinski definition) is 4. The molecular weight excluding hydrogens is 506 g/mol. The first-order valence-electron chi connectivity index (χ1n) is 11.9. The second-order valence-corrected chi connectivity index (χ2v) is 9.74. The van der Waals surface area contributed by atoms with Crippen LogP contribution in [-0.2, 0) is 25.7 Å². The van der Waals surface area contributed by atoms with Crippen molar-refractivity contribution in [1.29, 1.82) is 0 Å². The molecule has 0 saturated heterocycles. The van der Waals surface area contributed by atoms with Crippen LogP contribution in [0.15, 0.2) is 80.6 Å². The molecule has 6 nitrogen and oxygen atoms in total. The van der Waals surface area contributed by atoms with E-state index in [2.05, 4.69) is 26.1 Å². The first-order chi connectivity index (χ1) is 17.1. The van der Waals surface area contributed by atoms with Crippen LogP contribution in [0.25, 0.3) is 0 Å². The maximum atomic E-state index is 13.6. The first kappa shape index (κ1) is 23.3. The van der Waals surface area contributed by atoms with Crippen molar-refractivity contribution in [2.75, 3.05) is 11.4 Å². The highest BCUT2D eigenvalue weighted by Crippen LogP contribution is 2.24. The molecule has 35 heavy (non-hydrogen) atoms. The summed E-state index contributed by atoms with van der Waals surface area (Å²) in [6, 6.07) is 19.3. The van der Waals surface area contributed by atoms with Crippen LogP contribution >= 0.6 is 15.9 Å². The Hall–Kier alpha value is -3.45. The van der Waals surface area contributed by atoms with Gasteiger partial charge in [0.25, 0.3) is 11.5 Å². The molecule has 2 aromatic heterocycles. The van der Waals surface area contributed by atoms with Gasteiger partial charge in [-0.3, -0.25) is 14.5 Å². The lowest BCUT2D eigenvalue weighted by Gasteiger charge is -2.21. The van der Waals surface area contributed by atoms with E-state index in [4.69, 9.17) is 4.42 Å². The Morgan fingerprint density at radius 3 is 2.57 bits per heavy atom. The van der Waals surface area contributed by atoms with Crippen molar-refractivity contribution in [3.63, 3.8) is 0 Å². The zero-order chi connectivity index (χ0) is 24.2. The van der Waals surface area contributed by atoms with Gasteiger partial charge in [-0.15, -0.1) is 0 Å². The lowest BCUT2D eigenvalue weighted by atomic mass is 9.90. The largest absolute Gasteiger partial charge is 0.448 e. The summed E-state index contributed by atoms with van der Waals surface area (Å²) in [5.74, 6) is 0.407. The molecule has 1 aliphatic rings. The third-order valence-electron chi connectivity index (χ3n) is 6.48. The highest BCUT2D eigenvalue weighted by atomic mass is 79.9. The second-order valence-electron chi connectivity index (χ2n) is 8.83. The van der Waals surface area contributed by atoms with Crippen LogP contribution in [0, 0.1) is 0 Å². The number of aromatic nitrogens is 2. The smallest absolute Gasteiger partial charge is 0.267 e. The minimum Gasteiger partial charge on any atom is -0.448 e. The lowest BCUT2D eigenvalue weighted by molar-refractivity contribution is 0.0983. The number of nitrogens with zero attached hydrogens (tertiary/aromatic N) is 2. The average Bonchev–Trinajstić information content (AvgIpc) is 3.42. The van der Waals surface area contributed by atoms with Gasteiger partial charge in [-0.05, 0) is 79.1 Å². The van der Waals surface area contributed by atoms with Crippen molar-refractivity contribution in [3.05, 3.63) is 115 Å². The molecule has 0 bridgehead atoms. The average molecular weight is 532 g/mol. The molecule has 178 valence electrons. The highest BCUT2D eigenvalue weighted by Gasteiger charge is 2.21. The third-order valence-corrected chi connectivity index (χ3v) is 7.01. The van der Waals surface area contributed by atoms with Crippen LogP contribution in [0.2, 0.25) is 0 Å². The number of carbonyl (C=O) groups excluding carboxylic acids is 1. The molecule has 0 fully saturated rings. The fourth-order valence-corrected chi connectivity index (χ4v) is 4.93. The van der Waals surface area contributed by atoms with Gasteiger partial charge in [-0.2, -0.15) is 5.10 Å². The van der Waals surface area contributed by atoms with Crippen molar-refractivity contribution in [3.8, 4) is 0 Å².